The molecule has 0 aromatic heterocycles. The summed E-state index contributed by atoms with van der Waals surface area (Å²) in [4.78, 5) is 80.1. The van der Waals surface area contributed by atoms with Gasteiger partial charge in [-0.3, -0.25) is 19.2 Å². The van der Waals surface area contributed by atoms with Crippen molar-refractivity contribution < 1.29 is 47.7 Å². The molecule has 2 heterocycles. The summed E-state index contributed by atoms with van der Waals surface area (Å²) < 4.78 is 23.3. The third-order valence-corrected chi connectivity index (χ3v) is 17.6. The van der Waals surface area contributed by atoms with Gasteiger partial charge in [-0.05, 0) is 114 Å². The molecular weight excluding hydrogens is 881 g/mol. The van der Waals surface area contributed by atoms with Gasteiger partial charge in [0.25, 0.3) is 0 Å². The Hall–Kier alpha value is -5.64. The van der Waals surface area contributed by atoms with E-state index in [0.29, 0.717) is 49.7 Å². The molecule has 70 heavy (non-hydrogen) atoms. The van der Waals surface area contributed by atoms with Gasteiger partial charge >= 0.3 is 23.9 Å². The molecule has 6 atom stereocenters. The van der Waals surface area contributed by atoms with Crippen molar-refractivity contribution in [2.75, 3.05) is 0 Å². The number of ether oxygens (including phenoxy) is 4. The van der Waals surface area contributed by atoms with Gasteiger partial charge in [0, 0.05) is 23.7 Å². The molecule has 6 rings (SSSR count). The summed E-state index contributed by atoms with van der Waals surface area (Å²) in [6, 6.07) is 0. The lowest BCUT2D eigenvalue weighted by Gasteiger charge is -2.39. The average Bonchev–Trinajstić information content (AvgIpc) is 3.73. The molecule has 4 bridgehead atoms. The Kier molecular flexibility index (Phi) is 14.5. The summed E-state index contributed by atoms with van der Waals surface area (Å²) in [7, 11) is 0. The van der Waals surface area contributed by atoms with Crippen molar-refractivity contribution in [1.29, 1.82) is 0 Å². The Morgan fingerprint density at radius 2 is 0.800 bits per heavy atom. The molecule has 2 saturated heterocycles. The molecule has 376 valence electrons. The lowest BCUT2D eigenvalue weighted by Crippen LogP contribution is -2.51. The van der Waals surface area contributed by atoms with Gasteiger partial charge in [0.2, 0.25) is 11.2 Å². The van der Waals surface area contributed by atoms with Crippen molar-refractivity contribution in [2.45, 2.75) is 173 Å². The first kappa shape index (κ1) is 53.7. The van der Waals surface area contributed by atoms with E-state index in [0.717, 1.165) is 33.4 Å². The van der Waals surface area contributed by atoms with Gasteiger partial charge in [-0.25, -0.2) is 9.59 Å². The highest BCUT2D eigenvalue weighted by molar-refractivity contribution is 6.04. The molecule has 0 spiro atoms. The molecule has 4 fully saturated rings. The molecule has 0 unspecified atom stereocenters. The second-order valence-corrected chi connectivity index (χ2v) is 23.5. The van der Waals surface area contributed by atoms with Gasteiger partial charge < -0.3 is 18.9 Å². The number of carbonyl (C=O) groups is 6. The fourth-order valence-electron chi connectivity index (χ4n) is 11.6. The highest BCUT2D eigenvalue weighted by Gasteiger charge is 2.78. The van der Waals surface area contributed by atoms with Crippen LogP contribution >= 0.6 is 0 Å². The summed E-state index contributed by atoms with van der Waals surface area (Å²) in [5, 5.41) is 0. The lowest BCUT2D eigenvalue weighted by atomic mass is 9.66. The number of carbonyl (C=O) groups excluding carboxylic acids is 6. The van der Waals surface area contributed by atoms with Crippen LogP contribution in [0.5, 0.6) is 0 Å². The predicted octanol–water partition coefficient (Wildman–Crippen LogP) is 12.3. The fraction of sp³-hybridized carbons (Fsp3) is 0.533. The van der Waals surface area contributed by atoms with Crippen LogP contribution in [-0.2, 0) is 47.7 Å². The number of Topliss-reactive ketones (excluding diaryl/α,β-unsaturated/α-hetero) is 2. The molecule has 0 aromatic carbocycles. The molecule has 4 aliphatic carbocycles. The highest BCUT2D eigenvalue weighted by Crippen LogP contribution is 2.67. The van der Waals surface area contributed by atoms with Crippen molar-refractivity contribution in [2.24, 2.45) is 32.5 Å². The molecule has 6 aliphatic rings. The Bertz CT molecular complexity index is 2440. The second kappa shape index (κ2) is 18.8. The van der Waals surface area contributed by atoms with Crippen LogP contribution in [0.2, 0.25) is 0 Å². The van der Waals surface area contributed by atoms with E-state index in [9.17, 15) is 28.8 Å². The Morgan fingerprint density at radius 3 is 1.10 bits per heavy atom. The molecule has 10 nitrogen and oxygen atoms in total. The summed E-state index contributed by atoms with van der Waals surface area (Å²) in [5.74, 6) is -2.47. The normalized spacial score (nSPS) is 33.0. The minimum absolute atomic E-state index is 0.229. The first-order valence-corrected chi connectivity index (χ1v) is 24.8. The molecule has 0 amide bonds. The van der Waals surface area contributed by atoms with Crippen LogP contribution in [0.1, 0.15) is 149 Å². The first-order chi connectivity index (χ1) is 32.3. The molecular formula is C60H76O10. The minimum atomic E-state index is -1.38. The topological polar surface area (TPSA) is 139 Å². The molecule has 0 aromatic rings. The number of hydrogen-bond donors (Lipinski definition) is 0. The fourth-order valence-corrected chi connectivity index (χ4v) is 11.6. The zero-order chi connectivity index (χ0) is 52.2. The molecule has 2 saturated carbocycles. The predicted molar refractivity (Wildman–Crippen MR) is 273 cm³/mol. The number of rotatable bonds is 14. The standard InChI is InChI=1S/C60H76O10/c1-37(23-19-25-39(3)27-29-43-41(5)47(61)45(35-53(43,7)8)67-51(65)59-33-31-57(15,49(63)69-59)55(59,11)12)21-17-18-22-38(2)24-20-26-40(4)28-30-44-42(6)48(62)46(36-54(44,9)10)68-52(66)60-34-32-58(16,50(64)70-60)56(60,13)14/h17-30,45-46H,31-36H2,1-16H3/b18-17+,23-19+,24-20+,29-27+,30-28+,37-21+,38-22+,39-25+,40-26+/t45-,46-,57-,58-,59+,60+/m0/s1. The molecule has 10 heteroatoms. The van der Waals surface area contributed by atoms with Crippen molar-refractivity contribution in [1.82, 2.24) is 0 Å². The maximum absolute atomic E-state index is 13.7. The van der Waals surface area contributed by atoms with Crippen molar-refractivity contribution in [3.8, 4) is 0 Å². The quantitative estimate of drug-likeness (QED) is 0.0939. The summed E-state index contributed by atoms with van der Waals surface area (Å²) in [6.45, 7) is 31.0. The van der Waals surface area contributed by atoms with Crippen LogP contribution in [0.3, 0.4) is 0 Å². The zero-order valence-corrected chi connectivity index (χ0v) is 44.6. The van der Waals surface area contributed by atoms with Gasteiger partial charge in [0.05, 0.1) is 10.8 Å². The van der Waals surface area contributed by atoms with Crippen LogP contribution < -0.4 is 0 Å². The van der Waals surface area contributed by atoms with E-state index in [1.165, 1.54) is 0 Å². The van der Waals surface area contributed by atoms with Crippen LogP contribution in [0.4, 0.5) is 0 Å². The van der Waals surface area contributed by atoms with Crippen molar-refractivity contribution in [3.05, 3.63) is 130 Å². The molecule has 0 radical (unpaired) electrons. The van der Waals surface area contributed by atoms with Crippen molar-refractivity contribution in [3.63, 3.8) is 0 Å². The van der Waals surface area contributed by atoms with Gasteiger partial charge in [-0.15, -0.1) is 0 Å². The molecule has 2 aliphatic heterocycles. The first-order valence-electron chi connectivity index (χ1n) is 24.8. The molecule has 0 N–H and O–H groups in total. The summed E-state index contributed by atoms with van der Waals surface area (Å²) in [5.41, 5.74) is 0.379. The van der Waals surface area contributed by atoms with Crippen LogP contribution in [0, 0.1) is 32.5 Å². The van der Waals surface area contributed by atoms with Gasteiger partial charge in [0.15, 0.2) is 23.8 Å². The number of hydrogen-bond acceptors (Lipinski definition) is 10. The Labute approximate surface area is 416 Å². The van der Waals surface area contributed by atoms with Crippen LogP contribution in [0.15, 0.2) is 130 Å². The zero-order valence-electron chi connectivity index (χ0n) is 44.6. The third-order valence-electron chi connectivity index (χ3n) is 17.6. The number of fused-ring (bicyclic) bond motifs is 4. The van der Waals surface area contributed by atoms with Crippen LogP contribution in [-0.4, -0.2) is 58.9 Å². The maximum atomic E-state index is 13.7. The maximum Gasteiger partial charge on any atom is 0.351 e. The lowest BCUT2D eigenvalue weighted by molar-refractivity contribution is -0.188. The van der Waals surface area contributed by atoms with Crippen LogP contribution in [0.25, 0.3) is 0 Å². The van der Waals surface area contributed by atoms with E-state index in [-0.39, 0.29) is 23.5 Å². The second-order valence-electron chi connectivity index (χ2n) is 23.5. The van der Waals surface area contributed by atoms with E-state index in [1.54, 1.807) is 13.8 Å². The van der Waals surface area contributed by atoms with Crippen molar-refractivity contribution >= 4 is 35.4 Å². The monoisotopic (exact) mass is 957 g/mol. The Morgan fingerprint density at radius 1 is 0.486 bits per heavy atom. The number of allylic oxidation sites excluding steroid dienone is 20. The van der Waals surface area contributed by atoms with E-state index < -0.39 is 67.8 Å². The van der Waals surface area contributed by atoms with E-state index >= 15 is 0 Å². The van der Waals surface area contributed by atoms with E-state index in [4.69, 9.17) is 18.9 Å². The smallest absolute Gasteiger partial charge is 0.351 e. The summed E-state index contributed by atoms with van der Waals surface area (Å²) >= 11 is 0. The number of esters is 4. The van der Waals surface area contributed by atoms with Gasteiger partial charge in [-0.2, -0.15) is 0 Å². The van der Waals surface area contributed by atoms with Gasteiger partial charge in [0.1, 0.15) is 0 Å². The summed E-state index contributed by atoms with van der Waals surface area (Å²) in [6.07, 6.45) is 28.7. The van der Waals surface area contributed by atoms with E-state index in [1.807, 2.05) is 182 Å². The largest absolute Gasteiger partial charge is 0.451 e. The highest BCUT2D eigenvalue weighted by atomic mass is 16.6. The average molecular weight is 957 g/mol. The van der Waals surface area contributed by atoms with Gasteiger partial charge in [-0.1, -0.05) is 163 Å². The number of ketones is 2. The van der Waals surface area contributed by atoms with E-state index in [2.05, 4.69) is 0 Å². The minimum Gasteiger partial charge on any atom is -0.451 e. The third kappa shape index (κ3) is 9.02. The SMILES string of the molecule is CC1=C(/C=C/C(C)=C/C=C/C(C)=C/C=C/C=C(C)/C=C/C=C(C)/C=C/C2=C(C)C(=O)[C@@H](OC(=O)[C@@]34CC[C@@](C)(C(=O)O3)C4(C)C)CC2(C)C)C(C)(C)C[C@H](OC(=O)[C@@]23CC[C@@](C)(C(=O)O2)C3(C)C)C1=O. The Balaban J connectivity index is 0.990.